The minimum Gasteiger partial charge on any atom is -0.397 e. The van der Waals surface area contributed by atoms with Gasteiger partial charge in [0.25, 0.3) is 0 Å². The molecule has 0 aliphatic heterocycles. The van der Waals surface area contributed by atoms with Gasteiger partial charge in [0.05, 0.1) is 15.6 Å². The van der Waals surface area contributed by atoms with Crippen molar-refractivity contribution in [3.63, 3.8) is 0 Å². The molecule has 0 saturated carbocycles. The van der Waals surface area contributed by atoms with Crippen LogP contribution in [0.2, 0.25) is 5.02 Å². The van der Waals surface area contributed by atoms with E-state index < -0.39 is 15.6 Å². The number of benzene rings is 1. The number of hydrogen-bond donors (Lipinski definition) is 3. The summed E-state index contributed by atoms with van der Waals surface area (Å²) in [6.07, 6.45) is 0.902. The fourth-order valence-corrected chi connectivity index (χ4v) is 3.58. The number of nitrogens with two attached hydrogens (primary N) is 1. The van der Waals surface area contributed by atoms with Crippen LogP contribution in [0.4, 0.5) is 5.69 Å². The molecule has 0 aliphatic carbocycles. The highest BCUT2D eigenvalue weighted by Gasteiger charge is 2.29. The quantitative estimate of drug-likeness (QED) is 0.699. The number of halogens is 1. The average molecular weight is 321 g/mol. The first-order valence-corrected chi connectivity index (χ1v) is 8.22. The fraction of sp³-hybridized carbons (Fsp3) is 0.538. The van der Waals surface area contributed by atoms with Crippen molar-refractivity contribution in [1.29, 1.82) is 0 Å². The maximum absolute atomic E-state index is 12.4. The number of nitrogens with one attached hydrogen (secondary N) is 1. The number of hydrogen-bond acceptors (Lipinski definition) is 4. The summed E-state index contributed by atoms with van der Waals surface area (Å²) in [7, 11) is -3.71. The smallest absolute Gasteiger partial charge is 0.241 e. The first kappa shape index (κ1) is 17.2. The Labute approximate surface area is 125 Å². The van der Waals surface area contributed by atoms with Crippen LogP contribution < -0.4 is 10.5 Å². The molecule has 0 fully saturated rings. The van der Waals surface area contributed by atoms with E-state index in [4.69, 9.17) is 22.4 Å². The fourth-order valence-electron chi connectivity index (χ4n) is 1.85. The molecule has 0 saturated heterocycles. The molecule has 0 aromatic heterocycles. The summed E-state index contributed by atoms with van der Waals surface area (Å²) in [5.74, 6) is 0. The molecule has 4 N–H and O–H groups in total. The van der Waals surface area contributed by atoms with E-state index >= 15 is 0 Å². The number of aliphatic hydroxyl groups is 1. The topological polar surface area (TPSA) is 92.4 Å². The molecule has 0 spiro atoms. The maximum atomic E-state index is 12.4. The van der Waals surface area contributed by atoms with Gasteiger partial charge in [0.2, 0.25) is 10.0 Å². The van der Waals surface area contributed by atoms with Crippen molar-refractivity contribution in [3.8, 4) is 0 Å². The number of aliphatic hydroxyl groups excluding tert-OH is 1. The molecule has 0 aliphatic rings. The zero-order valence-electron chi connectivity index (χ0n) is 11.9. The van der Waals surface area contributed by atoms with Gasteiger partial charge in [0, 0.05) is 12.1 Å². The van der Waals surface area contributed by atoms with Crippen molar-refractivity contribution in [1.82, 2.24) is 4.72 Å². The predicted molar refractivity (Wildman–Crippen MR) is 81.3 cm³/mol. The number of rotatable bonds is 6. The Morgan fingerprint density at radius 2 is 2.05 bits per heavy atom. The van der Waals surface area contributed by atoms with E-state index in [0.717, 1.165) is 0 Å². The monoisotopic (exact) mass is 320 g/mol. The van der Waals surface area contributed by atoms with Crippen LogP contribution in [0.5, 0.6) is 0 Å². The van der Waals surface area contributed by atoms with Crippen LogP contribution in [0.25, 0.3) is 0 Å². The Morgan fingerprint density at radius 3 is 2.50 bits per heavy atom. The summed E-state index contributed by atoms with van der Waals surface area (Å²) in [5.41, 5.74) is 5.84. The molecular weight excluding hydrogens is 300 g/mol. The molecule has 20 heavy (non-hydrogen) atoms. The molecule has 1 aromatic carbocycles. The van der Waals surface area contributed by atoms with Crippen LogP contribution in [0, 0.1) is 6.92 Å². The molecule has 0 heterocycles. The molecule has 1 aromatic rings. The van der Waals surface area contributed by atoms with Crippen molar-refractivity contribution >= 4 is 27.3 Å². The third-order valence-electron chi connectivity index (χ3n) is 3.39. The van der Waals surface area contributed by atoms with Gasteiger partial charge in [-0.1, -0.05) is 18.5 Å². The van der Waals surface area contributed by atoms with Crippen LogP contribution in [-0.2, 0) is 10.0 Å². The summed E-state index contributed by atoms with van der Waals surface area (Å²) in [6.45, 7) is 5.23. The van der Waals surface area contributed by atoms with Crippen LogP contribution in [0.3, 0.4) is 0 Å². The molecule has 1 rings (SSSR count). The van der Waals surface area contributed by atoms with E-state index in [2.05, 4.69) is 4.72 Å². The summed E-state index contributed by atoms with van der Waals surface area (Å²) < 4.78 is 27.4. The van der Waals surface area contributed by atoms with E-state index in [9.17, 15) is 8.42 Å². The molecule has 0 bridgehead atoms. The van der Waals surface area contributed by atoms with E-state index in [1.165, 1.54) is 12.1 Å². The third kappa shape index (κ3) is 3.85. The lowest BCUT2D eigenvalue weighted by atomic mass is 9.97. The second-order valence-corrected chi connectivity index (χ2v) is 7.20. The Bertz CT molecular complexity index is 566. The van der Waals surface area contributed by atoms with Crippen molar-refractivity contribution in [2.45, 2.75) is 44.0 Å². The zero-order valence-corrected chi connectivity index (χ0v) is 13.5. The Hall–Kier alpha value is -0.820. The molecular formula is C13H21ClN2O3S. The summed E-state index contributed by atoms with van der Waals surface area (Å²) in [6, 6.07) is 2.82. The number of nitrogen functional groups attached to an aromatic ring is 1. The normalized spacial score (nSPS) is 15.1. The molecule has 0 amide bonds. The molecule has 7 heteroatoms. The second kappa shape index (κ2) is 6.30. The van der Waals surface area contributed by atoms with Crippen LogP contribution >= 0.6 is 11.6 Å². The molecule has 5 nitrogen and oxygen atoms in total. The summed E-state index contributed by atoms with van der Waals surface area (Å²) in [5, 5.41) is 9.41. The lowest BCUT2D eigenvalue weighted by Crippen LogP contribution is -2.46. The standard InChI is InChI=1S/C13H21ClN2O3S/c1-4-13(3,5-6-17)16-20(18,19)10-7-9(2)12(14)11(15)8-10/h7-8,16-17H,4-6,15H2,1-3H3. The Balaban J connectivity index is 3.18. The van der Waals surface area contributed by atoms with Crippen molar-refractivity contribution in [3.05, 3.63) is 22.7 Å². The molecule has 114 valence electrons. The number of aryl methyl sites for hydroxylation is 1. The van der Waals surface area contributed by atoms with Crippen molar-refractivity contribution in [2.24, 2.45) is 0 Å². The number of anilines is 1. The minimum atomic E-state index is -3.71. The highest BCUT2D eigenvalue weighted by Crippen LogP contribution is 2.28. The van der Waals surface area contributed by atoms with Gasteiger partial charge >= 0.3 is 0 Å². The average Bonchev–Trinajstić information content (AvgIpc) is 2.35. The molecule has 1 atom stereocenters. The first-order valence-electron chi connectivity index (χ1n) is 6.35. The van der Waals surface area contributed by atoms with Crippen LogP contribution in [0.15, 0.2) is 17.0 Å². The second-order valence-electron chi connectivity index (χ2n) is 5.14. The third-order valence-corrected chi connectivity index (χ3v) is 5.53. The van der Waals surface area contributed by atoms with Crippen molar-refractivity contribution < 1.29 is 13.5 Å². The Morgan fingerprint density at radius 1 is 1.45 bits per heavy atom. The lowest BCUT2D eigenvalue weighted by molar-refractivity contribution is 0.233. The van der Waals surface area contributed by atoms with Crippen LogP contribution in [-0.4, -0.2) is 25.7 Å². The SMILES string of the molecule is CCC(C)(CCO)NS(=O)(=O)c1cc(C)c(Cl)c(N)c1. The van der Waals surface area contributed by atoms with Crippen molar-refractivity contribution in [2.75, 3.05) is 12.3 Å². The lowest BCUT2D eigenvalue weighted by Gasteiger charge is -2.28. The molecule has 0 radical (unpaired) electrons. The number of sulfonamides is 1. The van der Waals surface area contributed by atoms with E-state index in [-0.39, 0.29) is 17.2 Å². The van der Waals surface area contributed by atoms with Crippen LogP contribution in [0.1, 0.15) is 32.3 Å². The van der Waals surface area contributed by atoms with Gasteiger partial charge in [-0.15, -0.1) is 0 Å². The minimum absolute atomic E-state index is 0.0783. The van der Waals surface area contributed by atoms with Gasteiger partial charge in [-0.25, -0.2) is 13.1 Å². The van der Waals surface area contributed by atoms with Gasteiger partial charge in [0.15, 0.2) is 0 Å². The summed E-state index contributed by atoms with van der Waals surface area (Å²) >= 11 is 5.94. The highest BCUT2D eigenvalue weighted by atomic mass is 35.5. The van der Waals surface area contributed by atoms with Gasteiger partial charge in [0.1, 0.15) is 0 Å². The molecule has 1 unspecified atom stereocenters. The first-order chi connectivity index (χ1) is 9.15. The highest BCUT2D eigenvalue weighted by molar-refractivity contribution is 7.89. The maximum Gasteiger partial charge on any atom is 0.241 e. The summed E-state index contributed by atoms with van der Waals surface area (Å²) in [4.78, 5) is 0.0783. The van der Waals surface area contributed by atoms with Gasteiger partial charge in [-0.2, -0.15) is 0 Å². The largest absolute Gasteiger partial charge is 0.397 e. The van der Waals surface area contributed by atoms with E-state index in [1.54, 1.807) is 13.8 Å². The van der Waals surface area contributed by atoms with Gasteiger partial charge < -0.3 is 10.8 Å². The predicted octanol–water partition coefficient (Wildman–Crippen LogP) is 2.06. The Kier molecular flexibility index (Phi) is 5.43. The zero-order chi connectivity index (χ0) is 15.6. The van der Waals surface area contributed by atoms with E-state index in [0.29, 0.717) is 23.4 Å². The van der Waals surface area contributed by atoms with Gasteiger partial charge in [-0.3, -0.25) is 0 Å². The van der Waals surface area contributed by atoms with E-state index in [1.807, 2.05) is 6.92 Å². The van der Waals surface area contributed by atoms with Gasteiger partial charge in [-0.05, 0) is 44.4 Å².